The Hall–Kier alpha value is -1.77. The van der Waals surface area contributed by atoms with Gasteiger partial charge in [-0.25, -0.2) is 0 Å². The molecular weight excluding hydrogens is 441 g/mol. The van der Waals surface area contributed by atoms with Crippen LogP contribution in [0.1, 0.15) is 19.4 Å². The highest BCUT2D eigenvalue weighted by Gasteiger charge is 2.20. The SMILES string of the molecule is CCNC(=NCCc1c[nH]c2ccccc12)N1CCN(C(C)=O)CC1.I. The normalized spacial score (nSPS) is 15.1. The summed E-state index contributed by atoms with van der Waals surface area (Å²) in [6, 6.07) is 8.37. The van der Waals surface area contributed by atoms with Gasteiger partial charge in [-0.3, -0.25) is 9.79 Å². The van der Waals surface area contributed by atoms with Gasteiger partial charge in [0.1, 0.15) is 0 Å². The molecule has 0 saturated carbocycles. The van der Waals surface area contributed by atoms with Crippen molar-refractivity contribution in [3.63, 3.8) is 0 Å². The van der Waals surface area contributed by atoms with Crippen molar-refractivity contribution in [1.82, 2.24) is 20.1 Å². The van der Waals surface area contributed by atoms with E-state index in [0.29, 0.717) is 0 Å². The van der Waals surface area contributed by atoms with Crippen LogP contribution in [0.3, 0.4) is 0 Å². The van der Waals surface area contributed by atoms with Gasteiger partial charge in [0.2, 0.25) is 5.91 Å². The molecule has 3 rings (SSSR count). The predicted molar refractivity (Wildman–Crippen MR) is 117 cm³/mol. The van der Waals surface area contributed by atoms with Crippen LogP contribution in [0.25, 0.3) is 10.9 Å². The number of H-pyrrole nitrogens is 1. The van der Waals surface area contributed by atoms with Gasteiger partial charge in [-0.05, 0) is 25.0 Å². The molecule has 0 spiro atoms. The van der Waals surface area contributed by atoms with Crippen molar-refractivity contribution < 1.29 is 4.79 Å². The monoisotopic (exact) mass is 469 g/mol. The number of halogens is 1. The Balaban J connectivity index is 0.00000243. The molecule has 1 amide bonds. The summed E-state index contributed by atoms with van der Waals surface area (Å²) >= 11 is 0. The molecule has 1 aromatic heterocycles. The van der Waals surface area contributed by atoms with Crippen molar-refractivity contribution in [2.24, 2.45) is 4.99 Å². The fourth-order valence-electron chi connectivity index (χ4n) is 3.28. The predicted octanol–water partition coefficient (Wildman–Crippen LogP) is 2.46. The van der Waals surface area contributed by atoms with E-state index in [2.05, 4.69) is 46.5 Å². The van der Waals surface area contributed by atoms with Crippen molar-refractivity contribution in [2.75, 3.05) is 39.3 Å². The van der Waals surface area contributed by atoms with Crippen molar-refractivity contribution in [1.29, 1.82) is 0 Å². The molecule has 2 N–H and O–H groups in total. The zero-order chi connectivity index (χ0) is 17.6. The molecule has 142 valence electrons. The van der Waals surface area contributed by atoms with Gasteiger partial charge < -0.3 is 20.1 Å². The highest BCUT2D eigenvalue weighted by molar-refractivity contribution is 14.0. The van der Waals surface area contributed by atoms with Crippen LogP contribution in [0.5, 0.6) is 0 Å². The van der Waals surface area contributed by atoms with Crippen LogP contribution in [0.4, 0.5) is 0 Å². The number of benzene rings is 1. The second kappa shape index (κ2) is 9.80. The second-order valence-electron chi connectivity index (χ2n) is 6.34. The zero-order valence-corrected chi connectivity index (χ0v) is 17.8. The summed E-state index contributed by atoms with van der Waals surface area (Å²) in [5.74, 6) is 1.10. The first-order valence-electron chi connectivity index (χ1n) is 9.02. The van der Waals surface area contributed by atoms with Gasteiger partial charge in [0, 0.05) is 63.3 Å². The van der Waals surface area contributed by atoms with E-state index < -0.39 is 0 Å². The number of aromatic nitrogens is 1. The van der Waals surface area contributed by atoms with Crippen molar-refractivity contribution >= 4 is 46.7 Å². The van der Waals surface area contributed by atoms with Crippen LogP contribution in [0, 0.1) is 0 Å². The van der Waals surface area contributed by atoms with Gasteiger partial charge in [0.15, 0.2) is 5.96 Å². The maximum Gasteiger partial charge on any atom is 0.219 e. The molecule has 0 bridgehead atoms. The Morgan fingerprint density at radius 2 is 1.88 bits per heavy atom. The second-order valence-corrected chi connectivity index (χ2v) is 6.34. The lowest BCUT2D eigenvalue weighted by Crippen LogP contribution is -2.53. The Morgan fingerprint density at radius 3 is 2.58 bits per heavy atom. The summed E-state index contributed by atoms with van der Waals surface area (Å²) in [7, 11) is 0. The summed E-state index contributed by atoms with van der Waals surface area (Å²) in [5.41, 5.74) is 2.48. The molecular formula is C19H28IN5O. The Kier molecular flexibility index (Phi) is 7.74. The number of nitrogens with zero attached hydrogens (tertiary/aromatic N) is 3. The largest absolute Gasteiger partial charge is 0.361 e. The van der Waals surface area contributed by atoms with Crippen molar-refractivity contribution in [3.05, 3.63) is 36.0 Å². The van der Waals surface area contributed by atoms with Crippen LogP contribution in [0.2, 0.25) is 0 Å². The standard InChI is InChI=1S/C19H27N5O.HI/c1-3-20-19(24-12-10-23(11-13-24)15(2)25)21-9-8-16-14-22-18-7-5-4-6-17(16)18;/h4-7,14,22H,3,8-13H2,1-2H3,(H,20,21);1H. The lowest BCUT2D eigenvalue weighted by atomic mass is 10.1. The van der Waals surface area contributed by atoms with Gasteiger partial charge in [-0.1, -0.05) is 18.2 Å². The van der Waals surface area contributed by atoms with Gasteiger partial charge >= 0.3 is 0 Å². The molecule has 0 atom stereocenters. The number of carbonyl (C=O) groups excluding carboxylic acids is 1. The van der Waals surface area contributed by atoms with E-state index >= 15 is 0 Å². The average molecular weight is 469 g/mol. The molecule has 1 aromatic carbocycles. The number of aromatic amines is 1. The van der Waals surface area contributed by atoms with Crippen molar-refractivity contribution in [3.8, 4) is 0 Å². The highest BCUT2D eigenvalue weighted by Crippen LogP contribution is 2.18. The molecule has 6 nitrogen and oxygen atoms in total. The van der Waals surface area contributed by atoms with E-state index in [-0.39, 0.29) is 29.9 Å². The van der Waals surface area contributed by atoms with E-state index in [1.54, 1.807) is 6.92 Å². The maximum atomic E-state index is 11.5. The van der Waals surface area contributed by atoms with Gasteiger partial charge in [-0.15, -0.1) is 24.0 Å². The molecule has 1 aliphatic heterocycles. The van der Waals surface area contributed by atoms with Gasteiger partial charge in [0.25, 0.3) is 0 Å². The van der Waals surface area contributed by atoms with Crippen LogP contribution in [-0.4, -0.2) is 65.9 Å². The third-order valence-corrected chi connectivity index (χ3v) is 4.68. The number of hydrogen-bond acceptors (Lipinski definition) is 2. The first-order chi connectivity index (χ1) is 12.2. The molecule has 0 radical (unpaired) electrons. The molecule has 0 aliphatic carbocycles. The topological polar surface area (TPSA) is 63.7 Å². The summed E-state index contributed by atoms with van der Waals surface area (Å²) in [4.78, 5) is 23.7. The van der Waals surface area contributed by atoms with E-state index in [4.69, 9.17) is 4.99 Å². The molecule has 1 aliphatic rings. The molecule has 7 heteroatoms. The molecule has 26 heavy (non-hydrogen) atoms. The Labute approximate surface area is 172 Å². The third kappa shape index (κ3) is 4.90. The number of piperazine rings is 1. The van der Waals surface area contributed by atoms with Crippen LogP contribution >= 0.6 is 24.0 Å². The summed E-state index contributed by atoms with van der Waals surface area (Å²) in [6.07, 6.45) is 2.99. The van der Waals surface area contributed by atoms with E-state index in [1.165, 1.54) is 16.5 Å². The number of para-hydroxylation sites is 1. The molecule has 1 fully saturated rings. The summed E-state index contributed by atoms with van der Waals surface area (Å²) in [6.45, 7) is 8.51. The first kappa shape index (κ1) is 20.5. The first-order valence-corrected chi connectivity index (χ1v) is 9.02. The lowest BCUT2D eigenvalue weighted by Gasteiger charge is -2.36. The number of rotatable bonds is 4. The number of carbonyl (C=O) groups is 1. The number of guanidine groups is 1. The average Bonchev–Trinajstić information content (AvgIpc) is 3.04. The molecule has 2 aromatic rings. The number of nitrogens with one attached hydrogen (secondary N) is 2. The third-order valence-electron chi connectivity index (χ3n) is 4.68. The minimum absolute atomic E-state index is 0. The fourth-order valence-corrected chi connectivity index (χ4v) is 3.28. The van der Waals surface area contributed by atoms with Crippen LogP contribution in [-0.2, 0) is 11.2 Å². The number of hydrogen-bond donors (Lipinski definition) is 2. The zero-order valence-electron chi connectivity index (χ0n) is 15.5. The summed E-state index contributed by atoms with van der Waals surface area (Å²) in [5, 5.41) is 4.65. The highest BCUT2D eigenvalue weighted by atomic mass is 127. The van der Waals surface area contributed by atoms with Crippen LogP contribution in [0.15, 0.2) is 35.5 Å². The lowest BCUT2D eigenvalue weighted by molar-refractivity contribution is -0.130. The smallest absolute Gasteiger partial charge is 0.219 e. The molecule has 0 unspecified atom stereocenters. The molecule has 2 heterocycles. The Morgan fingerprint density at radius 1 is 1.19 bits per heavy atom. The maximum absolute atomic E-state index is 11.5. The van der Waals surface area contributed by atoms with Gasteiger partial charge in [0.05, 0.1) is 0 Å². The van der Waals surface area contributed by atoms with E-state index in [9.17, 15) is 4.79 Å². The number of fused-ring (bicyclic) bond motifs is 1. The number of aliphatic imine (C=N–C) groups is 1. The van der Waals surface area contributed by atoms with Crippen molar-refractivity contribution in [2.45, 2.75) is 20.3 Å². The van der Waals surface area contributed by atoms with Crippen LogP contribution < -0.4 is 5.32 Å². The quantitative estimate of drug-likeness (QED) is 0.411. The van der Waals surface area contributed by atoms with Gasteiger partial charge in [-0.2, -0.15) is 0 Å². The van der Waals surface area contributed by atoms with E-state index in [0.717, 1.165) is 51.6 Å². The summed E-state index contributed by atoms with van der Waals surface area (Å²) < 4.78 is 0. The fraction of sp³-hybridized carbons (Fsp3) is 0.474. The minimum Gasteiger partial charge on any atom is -0.361 e. The minimum atomic E-state index is 0. The van der Waals surface area contributed by atoms with E-state index in [1.807, 2.05) is 11.0 Å². The number of amides is 1. The Bertz CT molecular complexity index is 749. The molecule has 1 saturated heterocycles.